The molecule has 0 saturated heterocycles. The summed E-state index contributed by atoms with van der Waals surface area (Å²) in [6.07, 6.45) is 5.59. The van der Waals surface area contributed by atoms with Crippen LogP contribution in [0.5, 0.6) is 0 Å². The molecule has 2 N–H and O–H groups in total. The van der Waals surface area contributed by atoms with Gasteiger partial charge < -0.3 is 19.9 Å². The third-order valence-corrected chi connectivity index (χ3v) is 6.48. The van der Waals surface area contributed by atoms with Gasteiger partial charge in [0.15, 0.2) is 0 Å². The molecule has 7 nitrogen and oxygen atoms in total. The van der Waals surface area contributed by atoms with E-state index in [-0.39, 0.29) is 11.8 Å². The molecular formula is C28H29N5O2. The predicted octanol–water partition coefficient (Wildman–Crippen LogP) is 4.07. The van der Waals surface area contributed by atoms with E-state index in [1.807, 2.05) is 40.9 Å². The molecule has 4 aromatic rings. The van der Waals surface area contributed by atoms with Crippen LogP contribution in [0.4, 0.5) is 5.69 Å². The van der Waals surface area contributed by atoms with E-state index in [2.05, 4.69) is 46.6 Å². The number of nitrogens with one attached hydrogen (secondary N) is 2. The molecule has 5 rings (SSSR count). The molecule has 2 amide bonds. The first kappa shape index (κ1) is 22.8. The Hall–Kier alpha value is -3.97. The fourth-order valence-corrected chi connectivity index (χ4v) is 4.43. The Morgan fingerprint density at radius 2 is 1.89 bits per heavy atom. The lowest BCUT2D eigenvalue weighted by atomic mass is 9.99. The highest BCUT2D eigenvalue weighted by atomic mass is 16.2. The molecule has 0 radical (unpaired) electrons. The molecule has 7 heteroatoms. The van der Waals surface area contributed by atoms with E-state index < -0.39 is 0 Å². The van der Waals surface area contributed by atoms with E-state index >= 15 is 0 Å². The Morgan fingerprint density at radius 1 is 1.00 bits per heavy atom. The lowest BCUT2D eigenvalue weighted by Crippen LogP contribution is -2.26. The van der Waals surface area contributed by atoms with Gasteiger partial charge >= 0.3 is 0 Å². The number of hydrogen-bond acceptors (Lipinski definition) is 4. The normalized spacial score (nSPS) is 13.4. The summed E-state index contributed by atoms with van der Waals surface area (Å²) in [5.41, 5.74) is 7.07. The maximum Gasteiger partial charge on any atom is 0.271 e. The van der Waals surface area contributed by atoms with Crippen molar-refractivity contribution >= 4 is 23.1 Å². The number of likely N-dealkylation sites (N-methyl/N-ethyl adjacent to an activating group) is 1. The lowest BCUT2D eigenvalue weighted by Gasteiger charge is -2.25. The molecule has 2 aromatic heterocycles. The molecule has 0 aliphatic carbocycles. The summed E-state index contributed by atoms with van der Waals surface area (Å²) in [5.74, 6) is -0.421. The summed E-state index contributed by atoms with van der Waals surface area (Å²) in [4.78, 5) is 32.3. The first-order chi connectivity index (χ1) is 17.0. The molecule has 1 aliphatic rings. The number of rotatable bonds is 6. The molecule has 35 heavy (non-hydrogen) atoms. The number of amides is 2. The minimum Gasteiger partial charge on any atom is -0.347 e. The van der Waals surface area contributed by atoms with Crippen molar-refractivity contribution in [2.45, 2.75) is 32.9 Å². The Kier molecular flexibility index (Phi) is 6.33. The third kappa shape index (κ3) is 5.10. The van der Waals surface area contributed by atoms with Gasteiger partial charge in [0.25, 0.3) is 11.8 Å². The Balaban J connectivity index is 1.23. The number of aryl methyl sites for hydroxylation is 1. The second-order valence-electron chi connectivity index (χ2n) is 9.09. The molecule has 0 atom stereocenters. The quantitative estimate of drug-likeness (QED) is 0.448. The average molecular weight is 468 g/mol. The largest absolute Gasteiger partial charge is 0.347 e. The van der Waals surface area contributed by atoms with Crippen LogP contribution in [0.1, 0.15) is 50.0 Å². The Labute approximate surface area is 204 Å². The highest BCUT2D eigenvalue weighted by molar-refractivity contribution is 6.04. The minimum absolute atomic E-state index is 0.172. The maximum atomic E-state index is 12.9. The summed E-state index contributed by atoms with van der Waals surface area (Å²) in [5, 5.41) is 5.92. The summed E-state index contributed by atoms with van der Waals surface area (Å²) in [7, 11) is 2.11. The fourth-order valence-electron chi connectivity index (χ4n) is 4.43. The van der Waals surface area contributed by atoms with Gasteiger partial charge in [-0.3, -0.25) is 9.59 Å². The number of benzene rings is 2. The highest BCUT2D eigenvalue weighted by Gasteiger charge is 2.15. The van der Waals surface area contributed by atoms with E-state index in [0.29, 0.717) is 17.8 Å². The minimum atomic E-state index is -0.249. The number of anilines is 1. The molecule has 2 aromatic carbocycles. The van der Waals surface area contributed by atoms with Crippen molar-refractivity contribution in [3.8, 4) is 0 Å². The van der Waals surface area contributed by atoms with Crippen LogP contribution in [-0.2, 0) is 25.9 Å². The first-order valence-corrected chi connectivity index (χ1v) is 11.9. The number of hydrogen-bond donors (Lipinski definition) is 2. The number of nitrogens with zero attached hydrogens (tertiary/aromatic N) is 3. The van der Waals surface area contributed by atoms with Gasteiger partial charge in [0.1, 0.15) is 11.3 Å². The molecule has 0 bridgehead atoms. The van der Waals surface area contributed by atoms with Crippen molar-refractivity contribution < 1.29 is 9.59 Å². The fraction of sp³-hybridized carbons (Fsp3) is 0.250. The maximum absolute atomic E-state index is 12.9. The van der Waals surface area contributed by atoms with Crippen molar-refractivity contribution in [2.24, 2.45) is 0 Å². The van der Waals surface area contributed by atoms with E-state index in [1.54, 1.807) is 18.3 Å². The van der Waals surface area contributed by atoms with Gasteiger partial charge in [-0.2, -0.15) is 0 Å². The van der Waals surface area contributed by atoms with Crippen molar-refractivity contribution in [2.75, 3.05) is 18.9 Å². The zero-order valence-electron chi connectivity index (χ0n) is 20.0. The smallest absolute Gasteiger partial charge is 0.271 e. The number of imidazole rings is 1. The van der Waals surface area contributed by atoms with Gasteiger partial charge in [-0.15, -0.1) is 0 Å². The van der Waals surface area contributed by atoms with Crippen LogP contribution in [0.2, 0.25) is 0 Å². The SMILES string of the molecule is CCc1ccn2cc(C(=O)NCc3cccc(C(=O)Nc4ccc5c(c4)CN(C)CC5)c3)nc2c1. The van der Waals surface area contributed by atoms with Crippen LogP contribution in [0.15, 0.2) is 67.0 Å². The van der Waals surface area contributed by atoms with E-state index in [9.17, 15) is 9.59 Å². The van der Waals surface area contributed by atoms with Crippen molar-refractivity contribution in [1.29, 1.82) is 0 Å². The predicted molar refractivity (Wildman–Crippen MR) is 137 cm³/mol. The molecule has 1 aliphatic heterocycles. The highest BCUT2D eigenvalue weighted by Crippen LogP contribution is 2.22. The van der Waals surface area contributed by atoms with Crippen LogP contribution in [0.3, 0.4) is 0 Å². The monoisotopic (exact) mass is 467 g/mol. The van der Waals surface area contributed by atoms with Gasteiger partial charge in [-0.25, -0.2) is 4.98 Å². The van der Waals surface area contributed by atoms with Gasteiger partial charge in [-0.1, -0.05) is 25.1 Å². The number of aromatic nitrogens is 2. The topological polar surface area (TPSA) is 78.7 Å². The molecular weight excluding hydrogens is 438 g/mol. The second kappa shape index (κ2) is 9.72. The van der Waals surface area contributed by atoms with Crippen molar-refractivity contribution in [3.05, 3.63) is 101 Å². The van der Waals surface area contributed by atoms with E-state index in [0.717, 1.165) is 42.8 Å². The molecule has 178 valence electrons. The molecule has 0 unspecified atom stereocenters. The van der Waals surface area contributed by atoms with Crippen LogP contribution in [-0.4, -0.2) is 39.7 Å². The van der Waals surface area contributed by atoms with E-state index in [4.69, 9.17) is 0 Å². The zero-order chi connectivity index (χ0) is 24.4. The Bertz CT molecular complexity index is 1410. The average Bonchev–Trinajstić information content (AvgIpc) is 3.30. The van der Waals surface area contributed by atoms with Crippen LogP contribution in [0.25, 0.3) is 5.65 Å². The third-order valence-electron chi connectivity index (χ3n) is 6.48. The van der Waals surface area contributed by atoms with Crippen LogP contribution < -0.4 is 10.6 Å². The summed E-state index contributed by atoms with van der Waals surface area (Å²) in [6, 6.07) is 17.4. The van der Waals surface area contributed by atoms with E-state index in [1.165, 1.54) is 16.7 Å². The summed E-state index contributed by atoms with van der Waals surface area (Å²) < 4.78 is 1.85. The molecule has 3 heterocycles. The number of carbonyl (C=O) groups is 2. The molecule has 0 fully saturated rings. The summed E-state index contributed by atoms with van der Waals surface area (Å²) in [6.45, 7) is 4.33. The van der Waals surface area contributed by atoms with Crippen LogP contribution in [0, 0.1) is 0 Å². The Morgan fingerprint density at radius 3 is 2.74 bits per heavy atom. The van der Waals surface area contributed by atoms with Gasteiger partial charge in [-0.05, 0) is 78.5 Å². The van der Waals surface area contributed by atoms with Gasteiger partial charge in [0, 0.05) is 43.3 Å². The number of carbonyl (C=O) groups excluding carboxylic acids is 2. The van der Waals surface area contributed by atoms with Gasteiger partial charge in [0.2, 0.25) is 0 Å². The first-order valence-electron chi connectivity index (χ1n) is 11.9. The second-order valence-corrected chi connectivity index (χ2v) is 9.09. The number of pyridine rings is 1. The number of fused-ring (bicyclic) bond motifs is 2. The van der Waals surface area contributed by atoms with Crippen molar-refractivity contribution in [3.63, 3.8) is 0 Å². The summed E-state index contributed by atoms with van der Waals surface area (Å²) >= 11 is 0. The molecule has 0 spiro atoms. The molecule has 0 saturated carbocycles. The van der Waals surface area contributed by atoms with Crippen LogP contribution >= 0.6 is 0 Å². The standard InChI is InChI=1S/C28H29N5O2/c1-3-19-9-12-33-18-25(31-26(33)14-19)28(35)29-16-20-5-4-6-22(13-20)27(34)30-24-8-7-21-10-11-32(2)17-23(21)15-24/h4-9,12-15,18H,3,10-11,16-17H2,1-2H3,(H,29,35)(H,30,34). The van der Waals surface area contributed by atoms with Crippen molar-refractivity contribution in [1.82, 2.24) is 19.6 Å². The zero-order valence-corrected chi connectivity index (χ0v) is 20.0. The van der Waals surface area contributed by atoms with Gasteiger partial charge in [0.05, 0.1) is 0 Å². The lowest BCUT2D eigenvalue weighted by molar-refractivity contribution is 0.0946.